The van der Waals surface area contributed by atoms with Gasteiger partial charge in [-0.15, -0.1) is 0 Å². The standard InChI is InChI=1S/C8H14O3/c1-2-3-4-6-7(11-6)5-8(9)10/h6-7H,2-5H2,1H3,(H,9,10). The highest BCUT2D eigenvalue weighted by molar-refractivity contribution is 5.67. The summed E-state index contributed by atoms with van der Waals surface area (Å²) in [6, 6.07) is 0. The first-order valence-corrected chi connectivity index (χ1v) is 4.11. The summed E-state index contributed by atoms with van der Waals surface area (Å²) in [7, 11) is 0. The van der Waals surface area contributed by atoms with Crippen LogP contribution in [0.3, 0.4) is 0 Å². The molecule has 0 saturated carbocycles. The van der Waals surface area contributed by atoms with E-state index in [9.17, 15) is 4.79 Å². The predicted molar refractivity (Wildman–Crippen MR) is 40.4 cm³/mol. The second kappa shape index (κ2) is 3.72. The Balaban J connectivity index is 2.02. The summed E-state index contributed by atoms with van der Waals surface area (Å²) in [4.78, 5) is 10.2. The lowest BCUT2D eigenvalue weighted by Gasteiger charge is -1.90. The molecule has 0 spiro atoms. The molecule has 1 heterocycles. The van der Waals surface area contributed by atoms with Crippen molar-refractivity contribution < 1.29 is 14.6 Å². The molecule has 3 heteroatoms. The Morgan fingerprint density at radius 1 is 1.55 bits per heavy atom. The SMILES string of the molecule is CCCCC1OC1CC(=O)O. The molecule has 0 aromatic heterocycles. The highest BCUT2D eigenvalue weighted by atomic mass is 16.6. The lowest BCUT2D eigenvalue weighted by molar-refractivity contribution is -0.137. The number of aliphatic carboxylic acids is 1. The zero-order chi connectivity index (χ0) is 8.27. The minimum atomic E-state index is -0.756. The largest absolute Gasteiger partial charge is 0.481 e. The smallest absolute Gasteiger partial charge is 0.306 e. The zero-order valence-corrected chi connectivity index (χ0v) is 6.75. The molecule has 3 nitrogen and oxygen atoms in total. The van der Waals surface area contributed by atoms with E-state index in [1.165, 1.54) is 0 Å². The van der Waals surface area contributed by atoms with Crippen LogP contribution in [-0.2, 0) is 9.53 Å². The summed E-state index contributed by atoms with van der Waals surface area (Å²) < 4.78 is 5.15. The maximum atomic E-state index is 10.2. The van der Waals surface area contributed by atoms with Gasteiger partial charge in [0, 0.05) is 0 Å². The van der Waals surface area contributed by atoms with E-state index in [-0.39, 0.29) is 18.6 Å². The molecule has 0 amide bonds. The maximum Gasteiger partial charge on any atom is 0.306 e. The van der Waals surface area contributed by atoms with Crippen molar-refractivity contribution in [3.8, 4) is 0 Å². The minimum Gasteiger partial charge on any atom is -0.481 e. The van der Waals surface area contributed by atoms with Crippen LogP contribution in [0.5, 0.6) is 0 Å². The number of ether oxygens (including phenoxy) is 1. The fourth-order valence-corrected chi connectivity index (χ4v) is 1.19. The number of hydrogen-bond acceptors (Lipinski definition) is 2. The molecule has 64 valence electrons. The minimum absolute atomic E-state index is 0.0130. The first-order valence-electron chi connectivity index (χ1n) is 4.11. The molecule has 1 fully saturated rings. The van der Waals surface area contributed by atoms with Gasteiger partial charge in [-0.05, 0) is 6.42 Å². The fourth-order valence-electron chi connectivity index (χ4n) is 1.19. The summed E-state index contributed by atoms with van der Waals surface area (Å²) in [5.74, 6) is -0.756. The van der Waals surface area contributed by atoms with Crippen LogP contribution in [0, 0.1) is 0 Å². The number of unbranched alkanes of at least 4 members (excludes halogenated alkanes) is 1. The van der Waals surface area contributed by atoms with Gasteiger partial charge in [-0.2, -0.15) is 0 Å². The fraction of sp³-hybridized carbons (Fsp3) is 0.875. The second-order valence-corrected chi connectivity index (χ2v) is 2.95. The van der Waals surface area contributed by atoms with Gasteiger partial charge in [0.2, 0.25) is 0 Å². The van der Waals surface area contributed by atoms with Gasteiger partial charge in [0.25, 0.3) is 0 Å². The molecule has 1 rings (SSSR count). The van der Waals surface area contributed by atoms with Crippen LogP contribution in [0.15, 0.2) is 0 Å². The highest BCUT2D eigenvalue weighted by Gasteiger charge is 2.39. The summed E-state index contributed by atoms with van der Waals surface area (Å²) in [6.45, 7) is 2.12. The molecular formula is C8H14O3. The Kier molecular flexibility index (Phi) is 2.88. The van der Waals surface area contributed by atoms with E-state index in [2.05, 4.69) is 6.92 Å². The maximum absolute atomic E-state index is 10.2. The predicted octanol–water partition coefficient (Wildman–Crippen LogP) is 1.42. The van der Waals surface area contributed by atoms with Gasteiger partial charge in [0.05, 0.1) is 18.6 Å². The van der Waals surface area contributed by atoms with E-state index in [1.807, 2.05) is 0 Å². The Morgan fingerprint density at radius 3 is 2.82 bits per heavy atom. The number of carboxylic acid groups (broad SMARTS) is 1. The molecule has 2 atom stereocenters. The summed E-state index contributed by atoms with van der Waals surface area (Å²) >= 11 is 0. The van der Waals surface area contributed by atoms with Crippen molar-refractivity contribution in [2.75, 3.05) is 0 Å². The average molecular weight is 158 g/mol. The third-order valence-corrected chi connectivity index (χ3v) is 1.91. The van der Waals surface area contributed by atoms with Gasteiger partial charge in [-0.3, -0.25) is 4.79 Å². The van der Waals surface area contributed by atoms with Crippen LogP contribution >= 0.6 is 0 Å². The Labute approximate surface area is 66.4 Å². The van der Waals surface area contributed by atoms with Crippen LogP contribution in [0.25, 0.3) is 0 Å². The molecule has 11 heavy (non-hydrogen) atoms. The van der Waals surface area contributed by atoms with Gasteiger partial charge in [-0.1, -0.05) is 19.8 Å². The molecule has 2 unspecified atom stereocenters. The summed E-state index contributed by atoms with van der Waals surface area (Å²) in [5, 5.41) is 8.39. The normalized spacial score (nSPS) is 28.5. The number of epoxide rings is 1. The first-order chi connectivity index (χ1) is 5.24. The summed E-state index contributed by atoms with van der Waals surface area (Å²) in [5.41, 5.74) is 0. The van der Waals surface area contributed by atoms with Crippen molar-refractivity contribution >= 4 is 5.97 Å². The molecule has 0 aromatic carbocycles. The Bertz CT molecular complexity index is 144. The third-order valence-electron chi connectivity index (χ3n) is 1.91. The molecule has 0 aromatic rings. The van der Waals surface area contributed by atoms with Crippen LogP contribution in [0.1, 0.15) is 32.6 Å². The van der Waals surface area contributed by atoms with Crippen molar-refractivity contribution in [2.45, 2.75) is 44.8 Å². The zero-order valence-electron chi connectivity index (χ0n) is 6.75. The topological polar surface area (TPSA) is 49.8 Å². The number of carboxylic acids is 1. The lowest BCUT2D eigenvalue weighted by Crippen LogP contribution is -2.02. The van der Waals surface area contributed by atoms with Crippen molar-refractivity contribution in [2.24, 2.45) is 0 Å². The Hall–Kier alpha value is -0.570. The number of rotatable bonds is 5. The molecule has 1 aliphatic heterocycles. The van der Waals surface area contributed by atoms with Gasteiger partial charge in [-0.25, -0.2) is 0 Å². The van der Waals surface area contributed by atoms with E-state index in [4.69, 9.17) is 9.84 Å². The molecule has 0 radical (unpaired) electrons. The number of hydrogen-bond donors (Lipinski definition) is 1. The third kappa shape index (κ3) is 2.89. The van der Waals surface area contributed by atoms with Gasteiger partial charge < -0.3 is 9.84 Å². The van der Waals surface area contributed by atoms with Crippen LogP contribution in [0.2, 0.25) is 0 Å². The Morgan fingerprint density at radius 2 is 2.27 bits per heavy atom. The lowest BCUT2D eigenvalue weighted by atomic mass is 10.1. The molecule has 1 saturated heterocycles. The van der Waals surface area contributed by atoms with E-state index < -0.39 is 5.97 Å². The van der Waals surface area contributed by atoms with Gasteiger partial charge in [0.15, 0.2) is 0 Å². The van der Waals surface area contributed by atoms with Crippen molar-refractivity contribution in [1.29, 1.82) is 0 Å². The van der Waals surface area contributed by atoms with E-state index in [1.54, 1.807) is 0 Å². The van der Waals surface area contributed by atoms with Gasteiger partial charge in [0.1, 0.15) is 0 Å². The van der Waals surface area contributed by atoms with Crippen molar-refractivity contribution in [3.63, 3.8) is 0 Å². The van der Waals surface area contributed by atoms with E-state index in [0.717, 1.165) is 19.3 Å². The first kappa shape index (κ1) is 8.53. The molecule has 0 bridgehead atoms. The highest BCUT2D eigenvalue weighted by Crippen LogP contribution is 2.29. The molecule has 1 aliphatic rings. The average Bonchev–Trinajstić information content (AvgIpc) is 2.62. The van der Waals surface area contributed by atoms with Gasteiger partial charge >= 0.3 is 5.97 Å². The van der Waals surface area contributed by atoms with Crippen molar-refractivity contribution in [1.82, 2.24) is 0 Å². The van der Waals surface area contributed by atoms with Crippen LogP contribution in [-0.4, -0.2) is 23.3 Å². The van der Waals surface area contributed by atoms with Crippen molar-refractivity contribution in [3.05, 3.63) is 0 Å². The van der Waals surface area contributed by atoms with E-state index in [0.29, 0.717) is 0 Å². The van der Waals surface area contributed by atoms with Crippen LogP contribution in [0.4, 0.5) is 0 Å². The van der Waals surface area contributed by atoms with Crippen LogP contribution < -0.4 is 0 Å². The monoisotopic (exact) mass is 158 g/mol. The molecule has 1 N–H and O–H groups in total. The molecular weight excluding hydrogens is 144 g/mol. The quantitative estimate of drug-likeness (QED) is 0.615. The summed E-state index contributed by atoms with van der Waals surface area (Å²) in [6.07, 6.45) is 3.74. The second-order valence-electron chi connectivity index (χ2n) is 2.95. The molecule has 0 aliphatic carbocycles. The number of carbonyl (C=O) groups is 1. The van der Waals surface area contributed by atoms with E-state index >= 15 is 0 Å².